The zero-order chi connectivity index (χ0) is 22.1. The molecule has 1 aliphatic carbocycles. The number of methoxy groups -OCH3 is 1. The number of aryl methyl sites for hydroxylation is 1. The van der Waals surface area contributed by atoms with Crippen molar-refractivity contribution in [1.82, 2.24) is 15.0 Å². The Labute approximate surface area is 190 Å². The van der Waals surface area contributed by atoms with E-state index in [0.717, 1.165) is 29.7 Å². The fourth-order valence-corrected chi connectivity index (χ4v) is 5.47. The average molecular weight is 505 g/mol. The van der Waals surface area contributed by atoms with Crippen molar-refractivity contribution in [2.24, 2.45) is 11.0 Å². The number of carbonyl (C=O) groups excluding carboxylic acids is 1. The highest BCUT2D eigenvalue weighted by molar-refractivity contribution is 9.10. The third-order valence-corrected chi connectivity index (χ3v) is 7.04. The number of carbonyl (C=O) groups is 1. The predicted molar refractivity (Wildman–Crippen MR) is 123 cm³/mol. The lowest BCUT2D eigenvalue weighted by Gasteiger charge is -2.17. The minimum atomic E-state index is -0.443. The molecule has 2 aromatic heterocycles. The van der Waals surface area contributed by atoms with Crippen LogP contribution in [0.5, 0.6) is 11.5 Å². The van der Waals surface area contributed by atoms with Gasteiger partial charge in [-0.1, -0.05) is 6.92 Å². The van der Waals surface area contributed by atoms with E-state index < -0.39 is 5.91 Å². The van der Waals surface area contributed by atoms with Crippen LogP contribution in [0.25, 0.3) is 10.2 Å². The van der Waals surface area contributed by atoms with Gasteiger partial charge < -0.3 is 9.84 Å². The van der Waals surface area contributed by atoms with Crippen LogP contribution >= 0.6 is 27.3 Å². The van der Waals surface area contributed by atoms with Crippen LogP contribution < -0.4 is 15.7 Å². The van der Waals surface area contributed by atoms with Crippen LogP contribution in [-0.4, -0.2) is 33.9 Å². The highest BCUT2D eigenvalue weighted by atomic mass is 79.9. The van der Waals surface area contributed by atoms with Gasteiger partial charge in [0, 0.05) is 4.88 Å². The second-order valence-electron chi connectivity index (χ2n) is 7.56. The molecule has 0 saturated heterocycles. The van der Waals surface area contributed by atoms with E-state index in [-0.39, 0.29) is 23.6 Å². The zero-order valence-corrected chi connectivity index (χ0v) is 19.4. The van der Waals surface area contributed by atoms with Crippen molar-refractivity contribution in [2.75, 3.05) is 7.11 Å². The lowest BCUT2D eigenvalue weighted by molar-refractivity contribution is -0.121. The van der Waals surface area contributed by atoms with Crippen LogP contribution in [0.1, 0.15) is 29.3 Å². The van der Waals surface area contributed by atoms with E-state index in [1.165, 1.54) is 29.1 Å². The third-order valence-electron chi connectivity index (χ3n) is 5.27. The number of aromatic hydroxyl groups is 1. The van der Waals surface area contributed by atoms with Gasteiger partial charge in [0.15, 0.2) is 11.5 Å². The normalized spacial score (nSPS) is 15.9. The fraction of sp³-hybridized carbons (Fsp3) is 0.333. The first kappa shape index (κ1) is 21.5. The first-order valence-electron chi connectivity index (χ1n) is 9.75. The maximum absolute atomic E-state index is 13.0. The van der Waals surface area contributed by atoms with Gasteiger partial charge in [0.05, 0.1) is 29.5 Å². The molecule has 162 valence electrons. The molecule has 0 bridgehead atoms. The van der Waals surface area contributed by atoms with Crippen molar-refractivity contribution in [3.63, 3.8) is 0 Å². The quantitative estimate of drug-likeness (QED) is 0.409. The second kappa shape index (κ2) is 8.80. The van der Waals surface area contributed by atoms with Gasteiger partial charge in [0.2, 0.25) is 0 Å². The number of fused-ring (bicyclic) bond motifs is 3. The summed E-state index contributed by atoms with van der Waals surface area (Å²) in [6, 6.07) is 3.22. The fourth-order valence-electron chi connectivity index (χ4n) is 3.67. The van der Waals surface area contributed by atoms with Crippen LogP contribution in [-0.2, 0) is 24.2 Å². The van der Waals surface area contributed by atoms with Gasteiger partial charge >= 0.3 is 0 Å². The smallest absolute Gasteiger partial charge is 0.262 e. The molecule has 4 rings (SSSR count). The Kier molecular flexibility index (Phi) is 6.10. The van der Waals surface area contributed by atoms with Crippen molar-refractivity contribution in [2.45, 2.75) is 32.7 Å². The summed E-state index contributed by atoms with van der Waals surface area (Å²) in [5.41, 5.74) is 3.93. The molecular formula is C21H21BrN4O4S. The predicted octanol–water partition coefficient (Wildman–Crippen LogP) is 3.21. The Hall–Kier alpha value is -2.72. The lowest BCUT2D eigenvalue weighted by atomic mass is 9.89. The molecular weight excluding hydrogens is 484 g/mol. The molecule has 8 nitrogen and oxygen atoms in total. The van der Waals surface area contributed by atoms with E-state index in [1.807, 2.05) is 0 Å². The number of hydrogen-bond donors (Lipinski definition) is 2. The van der Waals surface area contributed by atoms with Crippen LogP contribution in [0.4, 0.5) is 0 Å². The monoisotopic (exact) mass is 504 g/mol. The minimum absolute atomic E-state index is 0.0176. The number of halogens is 1. The molecule has 2 heterocycles. The van der Waals surface area contributed by atoms with Crippen LogP contribution in [0.2, 0.25) is 0 Å². The lowest BCUT2D eigenvalue weighted by Crippen LogP contribution is -2.30. The number of hydrogen-bond acceptors (Lipinski definition) is 7. The molecule has 3 aromatic rings. The number of nitrogens with one attached hydrogen (secondary N) is 1. The van der Waals surface area contributed by atoms with Gasteiger partial charge in [-0.2, -0.15) is 5.10 Å². The summed E-state index contributed by atoms with van der Waals surface area (Å²) in [5.74, 6) is 0.431. The van der Waals surface area contributed by atoms with Crippen LogP contribution in [0.15, 0.2) is 32.8 Å². The molecule has 31 heavy (non-hydrogen) atoms. The number of hydrazone groups is 1. The molecule has 0 saturated carbocycles. The van der Waals surface area contributed by atoms with Gasteiger partial charge in [-0.05, 0) is 64.4 Å². The van der Waals surface area contributed by atoms with Gasteiger partial charge in [0.1, 0.15) is 11.4 Å². The van der Waals surface area contributed by atoms with E-state index in [4.69, 9.17) is 4.74 Å². The first-order valence-corrected chi connectivity index (χ1v) is 11.4. The van der Waals surface area contributed by atoms with E-state index in [2.05, 4.69) is 38.4 Å². The zero-order valence-electron chi connectivity index (χ0n) is 17.0. The number of nitrogens with zero attached hydrogens (tertiary/aromatic N) is 3. The number of amides is 1. The molecule has 1 amide bonds. The summed E-state index contributed by atoms with van der Waals surface area (Å²) in [7, 11) is 1.44. The van der Waals surface area contributed by atoms with Crippen LogP contribution in [0.3, 0.4) is 0 Å². The topological polar surface area (TPSA) is 106 Å². The Balaban J connectivity index is 1.49. The molecule has 1 unspecified atom stereocenters. The summed E-state index contributed by atoms with van der Waals surface area (Å²) in [5, 5.41) is 14.4. The van der Waals surface area contributed by atoms with Gasteiger partial charge in [-0.3, -0.25) is 14.2 Å². The molecule has 0 radical (unpaired) electrons. The summed E-state index contributed by atoms with van der Waals surface area (Å²) >= 11 is 4.81. The van der Waals surface area contributed by atoms with Crippen molar-refractivity contribution in [1.29, 1.82) is 0 Å². The summed E-state index contributed by atoms with van der Waals surface area (Å²) in [4.78, 5) is 31.7. The maximum atomic E-state index is 13.0. The molecule has 1 atom stereocenters. The van der Waals surface area contributed by atoms with E-state index >= 15 is 0 Å². The van der Waals surface area contributed by atoms with E-state index in [1.54, 1.807) is 23.5 Å². The van der Waals surface area contributed by atoms with Gasteiger partial charge in [-0.15, -0.1) is 11.3 Å². The highest BCUT2D eigenvalue weighted by Crippen LogP contribution is 2.36. The molecule has 0 aliphatic heterocycles. The molecule has 0 spiro atoms. The van der Waals surface area contributed by atoms with Crippen molar-refractivity contribution >= 4 is 49.6 Å². The largest absolute Gasteiger partial charge is 0.503 e. The number of ether oxygens (including phenoxy) is 1. The van der Waals surface area contributed by atoms with E-state index in [0.29, 0.717) is 21.3 Å². The second-order valence-corrected chi connectivity index (χ2v) is 9.49. The Morgan fingerprint density at radius 2 is 2.32 bits per heavy atom. The highest BCUT2D eigenvalue weighted by Gasteiger charge is 2.23. The minimum Gasteiger partial charge on any atom is -0.503 e. The Bertz CT molecular complexity index is 1250. The van der Waals surface area contributed by atoms with Crippen molar-refractivity contribution < 1.29 is 14.6 Å². The van der Waals surface area contributed by atoms with E-state index in [9.17, 15) is 14.7 Å². The number of phenols is 1. The summed E-state index contributed by atoms with van der Waals surface area (Å²) in [6.07, 6.45) is 5.75. The van der Waals surface area contributed by atoms with Gasteiger partial charge in [0.25, 0.3) is 11.5 Å². The van der Waals surface area contributed by atoms with Gasteiger partial charge in [-0.25, -0.2) is 10.4 Å². The molecule has 0 fully saturated rings. The van der Waals surface area contributed by atoms with Crippen molar-refractivity contribution in [3.05, 3.63) is 49.3 Å². The summed E-state index contributed by atoms with van der Waals surface area (Å²) < 4.78 is 6.85. The molecule has 1 aliphatic rings. The SMILES string of the molecule is COc1cc(/C=N/NC(=O)Cn2cnc3sc4c(c3c2=O)CCC(C)C4)cc(Br)c1O. The molecule has 10 heteroatoms. The maximum Gasteiger partial charge on any atom is 0.262 e. The number of benzene rings is 1. The van der Waals surface area contributed by atoms with Crippen molar-refractivity contribution in [3.8, 4) is 11.5 Å². The number of thiophene rings is 1. The Morgan fingerprint density at radius 1 is 1.52 bits per heavy atom. The summed E-state index contributed by atoms with van der Waals surface area (Å²) in [6.45, 7) is 2.04. The molecule has 2 N–H and O–H groups in total. The van der Waals surface area contributed by atoms with Crippen LogP contribution in [0, 0.1) is 5.92 Å². The number of aromatic nitrogens is 2. The number of rotatable bonds is 5. The first-order chi connectivity index (χ1) is 14.9. The molecule has 1 aromatic carbocycles. The Morgan fingerprint density at radius 3 is 3.10 bits per heavy atom. The average Bonchev–Trinajstić information content (AvgIpc) is 3.10. The number of phenolic OH excluding ortho intramolecular Hbond substituents is 1. The standard InChI is InChI=1S/C21H21BrN4O4S/c1-11-3-4-13-16(5-11)31-20-18(13)21(29)26(10-23-20)9-17(27)25-24-8-12-6-14(22)19(28)15(7-12)30-2/h6-8,10-11,28H,3-5,9H2,1-2H3,(H,25,27)/b24-8+. The third kappa shape index (κ3) is 4.35.